The van der Waals surface area contributed by atoms with Gasteiger partial charge in [-0.05, 0) is 43.9 Å². The minimum atomic E-state index is -0.110. The minimum absolute atomic E-state index is 0.110. The van der Waals surface area contributed by atoms with Crippen molar-refractivity contribution in [3.8, 4) is 11.1 Å². The van der Waals surface area contributed by atoms with Crippen LogP contribution in [0.2, 0.25) is 0 Å². The van der Waals surface area contributed by atoms with Crippen molar-refractivity contribution < 1.29 is 9.47 Å². The van der Waals surface area contributed by atoms with Gasteiger partial charge in [-0.1, -0.05) is 0 Å². The summed E-state index contributed by atoms with van der Waals surface area (Å²) in [6, 6.07) is 6.17. The highest BCUT2D eigenvalue weighted by molar-refractivity contribution is 5.84. The van der Waals surface area contributed by atoms with Crippen LogP contribution in [-0.2, 0) is 22.6 Å². The summed E-state index contributed by atoms with van der Waals surface area (Å²) >= 11 is 0. The van der Waals surface area contributed by atoms with E-state index in [-0.39, 0.29) is 5.69 Å². The van der Waals surface area contributed by atoms with Crippen molar-refractivity contribution in [2.24, 2.45) is 5.92 Å². The van der Waals surface area contributed by atoms with Gasteiger partial charge in [0.25, 0.3) is 0 Å². The van der Waals surface area contributed by atoms with Gasteiger partial charge in [0.2, 0.25) is 0 Å². The second kappa shape index (κ2) is 8.04. The molecule has 5 rings (SSSR count). The molecule has 1 saturated heterocycles. The second-order valence-electron chi connectivity index (χ2n) is 7.78. The number of aromatic nitrogens is 5. The van der Waals surface area contributed by atoms with Crippen molar-refractivity contribution in [2.75, 3.05) is 19.8 Å². The van der Waals surface area contributed by atoms with Crippen LogP contribution in [0.4, 0.5) is 0 Å². The Bertz CT molecular complexity index is 1230. The van der Waals surface area contributed by atoms with E-state index >= 15 is 0 Å². The Morgan fingerprint density at radius 1 is 1.10 bits per heavy atom. The first kappa shape index (κ1) is 19.0. The van der Waals surface area contributed by atoms with Gasteiger partial charge in [0.05, 0.1) is 12.1 Å². The van der Waals surface area contributed by atoms with Gasteiger partial charge in [-0.25, -0.2) is 14.8 Å². The summed E-state index contributed by atoms with van der Waals surface area (Å²) in [5.41, 5.74) is 5.07. The first-order valence-electron chi connectivity index (χ1n) is 10.4. The molecule has 8 nitrogen and oxygen atoms in total. The van der Waals surface area contributed by atoms with Crippen LogP contribution in [0.25, 0.3) is 33.3 Å². The Labute approximate surface area is 173 Å². The van der Waals surface area contributed by atoms with Crippen LogP contribution in [0.3, 0.4) is 0 Å². The van der Waals surface area contributed by atoms with Crippen LogP contribution in [0.15, 0.2) is 35.4 Å². The lowest BCUT2D eigenvalue weighted by molar-refractivity contribution is 0.0613. The Hall–Kier alpha value is -2.97. The fraction of sp³-hybridized carbons (Fsp3) is 0.409. The Morgan fingerprint density at radius 2 is 1.87 bits per heavy atom. The van der Waals surface area contributed by atoms with Crippen LogP contribution in [0.5, 0.6) is 0 Å². The highest BCUT2D eigenvalue weighted by atomic mass is 16.5. The molecule has 1 fully saturated rings. The fourth-order valence-corrected chi connectivity index (χ4v) is 4.08. The first-order valence-corrected chi connectivity index (χ1v) is 10.4. The summed E-state index contributed by atoms with van der Waals surface area (Å²) in [5, 5.41) is 1.02. The lowest BCUT2D eigenvalue weighted by atomic mass is 10.0. The summed E-state index contributed by atoms with van der Waals surface area (Å²) < 4.78 is 12.7. The number of rotatable bonds is 6. The molecule has 0 bridgehead atoms. The van der Waals surface area contributed by atoms with Gasteiger partial charge in [-0.2, -0.15) is 0 Å². The van der Waals surface area contributed by atoms with Crippen molar-refractivity contribution in [1.29, 1.82) is 0 Å². The van der Waals surface area contributed by atoms with Crippen molar-refractivity contribution in [3.63, 3.8) is 0 Å². The van der Waals surface area contributed by atoms with Crippen molar-refractivity contribution >= 4 is 22.2 Å². The number of hydrogen-bond acceptors (Lipinski definition) is 5. The van der Waals surface area contributed by atoms with E-state index < -0.39 is 0 Å². The maximum atomic E-state index is 12.5. The van der Waals surface area contributed by atoms with Crippen molar-refractivity contribution in [1.82, 2.24) is 24.5 Å². The molecule has 1 aliphatic rings. The van der Waals surface area contributed by atoms with Gasteiger partial charge in [0.1, 0.15) is 5.65 Å². The number of pyridine rings is 2. The average molecular weight is 407 g/mol. The Kier molecular flexibility index (Phi) is 5.10. The molecule has 0 aliphatic carbocycles. The molecule has 0 amide bonds. The number of imidazole rings is 1. The zero-order valence-corrected chi connectivity index (χ0v) is 17.0. The highest BCUT2D eigenvalue weighted by Crippen LogP contribution is 2.26. The van der Waals surface area contributed by atoms with Gasteiger partial charge < -0.3 is 14.5 Å². The SMILES string of the molecule is CCOCc1cc2cc(-c3cnc4[nH]c(=O)n(CC5CCOCC5)c4c3)cnc2[nH]1. The molecule has 4 aromatic heterocycles. The van der Waals surface area contributed by atoms with Gasteiger partial charge in [0, 0.05) is 61.0 Å². The number of H-pyrrole nitrogens is 2. The number of aromatic amines is 2. The van der Waals surface area contributed by atoms with E-state index in [0.717, 1.165) is 59.4 Å². The van der Waals surface area contributed by atoms with E-state index in [1.807, 2.05) is 23.8 Å². The van der Waals surface area contributed by atoms with Crippen molar-refractivity contribution in [3.05, 3.63) is 46.8 Å². The smallest absolute Gasteiger partial charge is 0.327 e. The predicted octanol–water partition coefficient (Wildman–Crippen LogP) is 3.23. The van der Waals surface area contributed by atoms with Gasteiger partial charge in [0.15, 0.2) is 5.65 Å². The summed E-state index contributed by atoms with van der Waals surface area (Å²) in [6.45, 7) is 5.40. The molecule has 0 spiro atoms. The quantitative estimate of drug-likeness (QED) is 0.511. The average Bonchev–Trinajstić information content (AvgIpc) is 3.32. The first-order chi connectivity index (χ1) is 14.7. The second-order valence-corrected chi connectivity index (χ2v) is 7.78. The number of fused-ring (bicyclic) bond motifs is 2. The van der Waals surface area contributed by atoms with E-state index in [4.69, 9.17) is 9.47 Å². The van der Waals surface area contributed by atoms with E-state index in [9.17, 15) is 4.79 Å². The number of hydrogen-bond donors (Lipinski definition) is 2. The third kappa shape index (κ3) is 3.64. The molecule has 156 valence electrons. The van der Waals surface area contributed by atoms with E-state index in [2.05, 4.69) is 32.1 Å². The number of nitrogens with one attached hydrogen (secondary N) is 2. The molecule has 30 heavy (non-hydrogen) atoms. The van der Waals surface area contributed by atoms with Crippen LogP contribution >= 0.6 is 0 Å². The molecule has 1 aliphatic heterocycles. The predicted molar refractivity (Wildman–Crippen MR) is 114 cm³/mol. The van der Waals surface area contributed by atoms with Gasteiger partial charge in [-0.3, -0.25) is 9.55 Å². The molecule has 0 unspecified atom stereocenters. The van der Waals surface area contributed by atoms with E-state index in [1.165, 1.54) is 0 Å². The van der Waals surface area contributed by atoms with Gasteiger partial charge >= 0.3 is 5.69 Å². The van der Waals surface area contributed by atoms with Crippen LogP contribution < -0.4 is 5.69 Å². The number of nitrogens with zero attached hydrogens (tertiary/aromatic N) is 3. The lowest BCUT2D eigenvalue weighted by Gasteiger charge is -2.22. The third-order valence-corrected chi connectivity index (χ3v) is 5.73. The summed E-state index contributed by atoms with van der Waals surface area (Å²) in [4.78, 5) is 27.8. The topological polar surface area (TPSA) is 97.8 Å². The molecule has 0 aromatic carbocycles. The van der Waals surface area contributed by atoms with Crippen molar-refractivity contribution in [2.45, 2.75) is 32.9 Å². The Balaban J connectivity index is 1.49. The zero-order valence-electron chi connectivity index (χ0n) is 17.0. The van der Waals surface area contributed by atoms with E-state index in [1.54, 1.807) is 6.20 Å². The lowest BCUT2D eigenvalue weighted by Crippen LogP contribution is -2.25. The maximum absolute atomic E-state index is 12.5. The third-order valence-electron chi connectivity index (χ3n) is 5.73. The number of ether oxygens (including phenoxy) is 2. The molecule has 2 N–H and O–H groups in total. The largest absolute Gasteiger partial charge is 0.381 e. The summed E-state index contributed by atoms with van der Waals surface area (Å²) in [7, 11) is 0. The molecular weight excluding hydrogens is 382 g/mol. The molecule has 8 heteroatoms. The zero-order chi connectivity index (χ0) is 20.5. The summed E-state index contributed by atoms with van der Waals surface area (Å²) in [6.07, 6.45) is 5.57. The molecular formula is C22H25N5O3. The van der Waals surface area contributed by atoms with E-state index in [0.29, 0.717) is 31.3 Å². The van der Waals surface area contributed by atoms with Crippen LogP contribution in [0.1, 0.15) is 25.5 Å². The minimum Gasteiger partial charge on any atom is -0.381 e. The van der Waals surface area contributed by atoms with Gasteiger partial charge in [-0.15, -0.1) is 0 Å². The highest BCUT2D eigenvalue weighted by Gasteiger charge is 2.18. The molecule has 0 radical (unpaired) electrons. The molecule has 0 atom stereocenters. The molecule has 5 heterocycles. The standard InChI is InChI=1S/C22H25N5O3/c1-2-29-13-18-8-15-7-16(10-23-20(15)25-18)17-9-19-21(24-11-17)26-22(28)27(19)12-14-3-5-30-6-4-14/h7-11,14H,2-6,12-13H2,1H3,(H,23,25)(H,24,26,28). The molecule has 0 saturated carbocycles. The Morgan fingerprint density at radius 3 is 2.67 bits per heavy atom. The normalized spacial score (nSPS) is 15.4. The molecule has 4 aromatic rings. The fourth-order valence-electron chi connectivity index (χ4n) is 4.08. The summed E-state index contributed by atoms with van der Waals surface area (Å²) in [5.74, 6) is 0.445. The monoisotopic (exact) mass is 407 g/mol. The van der Waals surface area contributed by atoms with Crippen LogP contribution in [-0.4, -0.2) is 44.3 Å². The maximum Gasteiger partial charge on any atom is 0.327 e. The van der Waals surface area contributed by atoms with Crippen LogP contribution in [0, 0.1) is 5.92 Å².